The average molecular weight is 357 g/mol. The number of nitrogens with zero attached hydrogens (tertiary/aromatic N) is 2. The van der Waals surface area contributed by atoms with E-state index in [9.17, 15) is 0 Å². The molecular weight excluding hydrogens is 338 g/mol. The van der Waals surface area contributed by atoms with Crippen LogP contribution in [0.15, 0.2) is 28.7 Å². The molecule has 1 heterocycles. The standard InChI is InChI=1S/C15H19BrClN3/c1-4-12-15(17)14(20(3)19-12)9-13(18-2)10-7-5-6-8-11(10)16/h5-8,13,18H,4,9H2,1-3H3. The number of hydrogen-bond acceptors (Lipinski definition) is 2. The fourth-order valence-electron chi connectivity index (χ4n) is 2.36. The van der Waals surface area contributed by atoms with Crippen molar-refractivity contribution in [3.63, 3.8) is 0 Å². The summed E-state index contributed by atoms with van der Waals surface area (Å²) in [6.07, 6.45) is 1.66. The predicted molar refractivity (Wildman–Crippen MR) is 87.2 cm³/mol. The van der Waals surface area contributed by atoms with E-state index in [0.29, 0.717) is 0 Å². The van der Waals surface area contributed by atoms with Gasteiger partial charge in [0.1, 0.15) is 0 Å². The Morgan fingerprint density at radius 3 is 2.65 bits per heavy atom. The molecule has 1 unspecified atom stereocenters. The highest BCUT2D eigenvalue weighted by Gasteiger charge is 2.19. The lowest BCUT2D eigenvalue weighted by Crippen LogP contribution is -2.20. The van der Waals surface area contributed by atoms with Crippen LogP contribution >= 0.6 is 27.5 Å². The van der Waals surface area contributed by atoms with Crippen LogP contribution in [0.2, 0.25) is 5.02 Å². The summed E-state index contributed by atoms with van der Waals surface area (Å²) in [6, 6.07) is 8.44. The molecule has 1 N–H and O–H groups in total. The normalized spacial score (nSPS) is 12.7. The Kier molecular flexibility index (Phi) is 5.24. The summed E-state index contributed by atoms with van der Waals surface area (Å²) >= 11 is 10.0. The fourth-order valence-corrected chi connectivity index (χ4v) is 3.29. The molecule has 2 aromatic rings. The molecule has 0 radical (unpaired) electrons. The third kappa shape index (κ3) is 3.08. The Morgan fingerprint density at radius 2 is 2.10 bits per heavy atom. The van der Waals surface area contributed by atoms with Crippen molar-refractivity contribution in [3.8, 4) is 0 Å². The van der Waals surface area contributed by atoms with Gasteiger partial charge in [-0.2, -0.15) is 5.10 Å². The minimum atomic E-state index is 0.197. The molecule has 0 aliphatic rings. The molecule has 0 saturated carbocycles. The maximum absolute atomic E-state index is 6.44. The van der Waals surface area contributed by atoms with E-state index in [0.717, 1.165) is 33.7 Å². The topological polar surface area (TPSA) is 29.9 Å². The molecule has 1 aromatic carbocycles. The van der Waals surface area contributed by atoms with E-state index in [2.05, 4.69) is 45.4 Å². The van der Waals surface area contributed by atoms with Gasteiger partial charge in [-0.1, -0.05) is 52.7 Å². The van der Waals surface area contributed by atoms with Gasteiger partial charge < -0.3 is 5.32 Å². The van der Waals surface area contributed by atoms with E-state index in [-0.39, 0.29) is 6.04 Å². The molecule has 1 aromatic heterocycles. The minimum Gasteiger partial charge on any atom is -0.313 e. The van der Waals surface area contributed by atoms with Gasteiger partial charge in [0.2, 0.25) is 0 Å². The molecule has 0 bridgehead atoms. The van der Waals surface area contributed by atoms with Crippen molar-refractivity contribution in [2.24, 2.45) is 7.05 Å². The smallest absolute Gasteiger partial charge is 0.0850 e. The number of nitrogens with one attached hydrogen (secondary N) is 1. The van der Waals surface area contributed by atoms with Crippen molar-refractivity contribution in [1.29, 1.82) is 0 Å². The number of benzene rings is 1. The van der Waals surface area contributed by atoms with E-state index in [1.807, 2.05) is 30.9 Å². The summed E-state index contributed by atoms with van der Waals surface area (Å²) in [5.74, 6) is 0. The molecule has 108 valence electrons. The van der Waals surface area contributed by atoms with E-state index in [1.54, 1.807) is 0 Å². The second kappa shape index (κ2) is 6.74. The Balaban J connectivity index is 2.32. The fraction of sp³-hybridized carbons (Fsp3) is 0.400. The van der Waals surface area contributed by atoms with Crippen LogP contribution in [0.3, 0.4) is 0 Å². The number of halogens is 2. The van der Waals surface area contributed by atoms with Crippen LogP contribution in [-0.2, 0) is 19.9 Å². The number of hydrogen-bond donors (Lipinski definition) is 1. The molecule has 3 nitrogen and oxygen atoms in total. The van der Waals surface area contributed by atoms with Crippen LogP contribution in [0, 0.1) is 0 Å². The van der Waals surface area contributed by atoms with Gasteiger partial charge in [0, 0.05) is 24.0 Å². The van der Waals surface area contributed by atoms with Gasteiger partial charge in [0.25, 0.3) is 0 Å². The van der Waals surface area contributed by atoms with Crippen molar-refractivity contribution in [2.45, 2.75) is 25.8 Å². The first kappa shape index (κ1) is 15.5. The van der Waals surface area contributed by atoms with Crippen LogP contribution in [0.25, 0.3) is 0 Å². The zero-order chi connectivity index (χ0) is 14.7. The van der Waals surface area contributed by atoms with Gasteiger partial charge in [-0.05, 0) is 25.1 Å². The van der Waals surface area contributed by atoms with Crippen LogP contribution in [0.4, 0.5) is 0 Å². The summed E-state index contributed by atoms with van der Waals surface area (Å²) in [6.45, 7) is 2.07. The van der Waals surface area contributed by atoms with E-state index < -0.39 is 0 Å². The maximum Gasteiger partial charge on any atom is 0.0850 e. The quantitative estimate of drug-likeness (QED) is 0.880. The second-order valence-corrected chi connectivity index (χ2v) is 5.98. The Morgan fingerprint density at radius 1 is 1.40 bits per heavy atom. The summed E-state index contributed by atoms with van der Waals surface area (Å²) < 4.78 is 3.00. The van der Waals surface area contributed by atoms with Crippen molar-refractivity contribution in [3.05, 3.63) is 50.7 Å². The second-order valence-electron chi connectivity index (χ2n) is 4.75. The Labute approximate surface area is 133 Å². The lowest BCUT2D eigenvalue weighted by molar-refractivity contribution is 0.559. The number of likely N-dealkylation sites (N-methyl/N-ethyl adjacent to an activating group) is 1. The number of aromatic nitrogens is 2. The third-order valence-electron chi connectivity index (χ3n) is 3.53. The molecular formula is C15H19BrClN3. The van der Waals surface area contributed by atoms with E-state index >= 15 is 0 Å². The largest absolute Gasteiger partial charge is 0.313 e. The number of aryl methyl sites for hydroxylation is 2. The summed E-state index contributed by atoms with van der Waals surface area (Å²) in [7, 11) is 3.92. The molecule has 0 amide bonds. The molecule has 5 heteroatoms. The average Bonchev–Trinajstić information content (AvgIpc) is 2.72. The van der Waals surface area contributed by atoms with E-state index in [4.69, 9.17) is 11.6 Å². The molecule has 0 saturated heterocycles. The lowest BCUT2D eigenvalue weighted by Gasteiger charge is -2.18. The summed E-state index contributed by atoms with van der Waals surface area (Å²) in [5, 5.41) is 8.63. The van der Waals surface area contributed by atoms with Crippen molar-refractivity contribution in [1.82, 2.24) is 15.1 Å². The highest BCUT2D eigenvalue weighted by atomic mass is 79.9. The van der Waals surface area contributed by atoms with Gasteiger partial charge in [0.15, 0.2) is 0 Å². The van der Waals surface area contributed by atoms with Gasteiger partial charge in [-0.15, -0.1) is 0 Å². The van der Waals surface area contributed by atoms with Gasteiger partial charge >= 0.3 is 0 Å². The summed E-state index contributed by atoms with van der Waals surface area (Å²) in [4.78, 5) is 0. The summed E-state index contributed by atoms with van der Waals surface area (Å²) in [5.41, 5.74) is 3.26. The minimum absolute atomic E-state index is 0.197. The first-order valence-electron chi connectivity index (χ1n) is 6.70. The molecule has 0 spiro atoms. The van der Waals surface area contributed by atoms with Crippen LogP contribution in [0.1, 0.15) is 29.9 Å². The Hall–Kier alpha value is -0.840. The van der Waals surface area contributed by atoms with Crippen LogP contribution in [0.5, 0.6) is 0 Å². The van der Waals surface area contributed by atoms with Crippen molar-refractivity contribution in [2.75, 3.05) is 7.05 Å². The van der Waals surface area contributed by atoms with Crippen LogP contribution < -0.4 is 5.32 Å². The first-order chi connectivity index (χ1) is 9.58. The molecule has 0 fully saturated rings. The lowest BCUT2D eigenvalue weighted by atomic mass is 10.0. The molecule has 0 aliphatic carbocycles. The molecule has 20 heavy (non-hydrogen) atoms. The third-order valence-corrected chi connectivity index (χ3v) is 4.69. The van der Waals surface area contributed by atoms with Crippen molar-refractivity contribution >= 4 is 27.5 Å². The first-order valence-corrected chi connectivity index (χ1v) is 7.87. The van der Waals surface area contributed by atoms with Gasteiger partial charge in [-0.3, -0.25) is 4.68 Å². The van der Waals surface area contributed by atoms with Crippen LogP contribution in [-0.4, -0.2) is 16.8 Å². The highest BCUT2D eigenvalue weighted by Crippen LogP contribution is 2.29. The monoisotopic (exact) mass is 355 g/mol. The zero-order valence-electron chi connectivity index (χ0n) is 12.0. The highest BCUT2D eigenvalue weighted by molar-refractivity contribution is 9.10. The van der Waals surface area contributed by atoms with Gasteiger partial charge in [0.05, 0.1) is 16.4 Å². The van der Waals surface area contributed by atoms with Crippen molar-refractivity contribution < 1.29 is 0 Å². The Bertz CT molecular complexity index is 595. The number of rotatable bonds is 5. The van der Waals surface area contributed by atoms with Gasteiger partial charge in [-0.25, -0.2) is 0 Å². The molecule has 2 rings (SSSR count). The van der Waals surface area contributed by atoms with E-state index in [1.165, 1.54) is 5.56 Å². The predicted octanol–water partition coefficient (Wildman–Crippen LogP) is 3.90. The molecule has 1 atom stereocenters. The molecule has 0 aliphatic heterocycles. The SMILES string of the molecule is CCc1nn(C)c(CC(NC)c2ccccc2Br)c1Cl. The maximum atomic E-state index is 6.44. The zero-order valence-corrected chi connectivity index (χ0v) is 14.3.